The maximum Gasteiger partial charge on any atom is 0.321 e. The zero-order chi connectivity index (χ0) is 12.1. The van der Waals surface area contributed by atoms with Crippen LogP contribution in [-0.4, -0.2) is 49.9 Å². The van der Waals surface area contributed by atoms with Crippen LogP contribution in [0.5, 0.6) is 0 Å². The van der Waals surface area contributed by atoms with Crippen LogP contribution < -0.4 is 12.4 Å². The minimum Gasteiger partial charge on any atom is -1.00 e. The van der Waals surface area contributed by atoms with Crippen LogP contribution in [0, 0.1) is 0 Å². The van der Waals surface area contributed by atoms with Crippen molar-refractivity contribution in [3.63, 3.8) is 0 Å². The van der Waals surface area contributed by atoms with E-state index in [-0.39, 0.29) is 37.6 Å². The number of carbonyl (C=O) groups is 3. The quantitative estimate of drug-likeness (QED) is 0.300. The Morgan fingerprint density at radius 1 is 1.06 bits per heavy atom. The standard InChI is InChI=1S/C10H18NO4.ClH/c1-5-9(13)15-10(14)6-8(12)7-11(2,3)4;/h5-7H2,1-4H3;1H/q+1;/p-1. The van der Waals surface area contributed by atoms with E-state index in [0.717, 1.165) is 0 Å². The largest absolute Gasteiger partial charge is 1.00 e. The van der Waals surface area contributed by atoms with Crippen molar-refractivity contribution < 1.29 is 36.0 Å². The first-order chi connectivity index (χ1) is 6.74. The molecule has 0 atom stereocenters. The number of carbonyl (C=O) groups excluding carboxylic acids is 3. The van der Waals surface area contributed by atoms with E-state index in [1.165, 1.54) is 0 Å². The van der Waals surface area contributed by atoms with Gasteiger partial charge >= 0.3 is 11.9 Å². The van der Waals surface area contributed by atoms with Crippen LogP contribution >= 0.6 is 0 Å². The molecule has 0 aromatic carbocycles. The van der Waals surface area contributed by atoms with Gasteiger partial charge in [-0.2, -0.15) is 0 Å². The molecule has 0 unspecified atom stereocenters. The summed E-state index contributed by atoms with van der Waals surface area (Å²) in [5, 5.41) is 0. The third-order valence-corrected chi connectivity index (χ3v) is 1.51. The second-order valence-corrected chi connectivity index (χ2v) is 4.36. The van der Waals surface area contributed by atoms with Crippen molar-refractivity contribution in [1.29, 1.82) is 0 Å². The summed E-state index contributed by atoms with van der Waals surface area (Å²) in [6.07, 6.45) is -0.198. The lowest BCUT2D eigenvalue weighted by molar-refractivity contribution is -0.862. The van der Waals surface area contributed by atoms with Gasteiger partial charge in [0, 0.05) is 6.42 Å². The molecule has 0 amide bonds. The van der Waals surface area contributed by atoms with Gasteiger partial charge in [-0.25, -0.2) is 0 Å². The number of likely N-dealkylation sites (N-methyl/N-ethyl adjacent to an activating group) is 1. The molecule has 16 heavy (non-hydrogen) atoms. The SMILES string of the molecule is CCC(=O)OC(=O)CC(=O)C[N+](C)(C)C.[Cl-]. The second-order valence-electron chi connectivity index (χ2n) is 4.36. The highest BCUT2D eigenvalue weighted by Gasteiger charge is 2.19. The van der Waals surface area contributed by atoms with E-state index in [2.05, 4.69) is 4.74 Å². The van der Waals surface area contributed by atoms with Crippen molar-refractivity contribution in [2.24, 2.45) is 0 Å². The maximum absolute atomic E-state index is 11.3. The van der Waals surface area contributed by atoms with E-state index in [4.69, 9.17) is 0 Å². The van der Waals surface area contributed by atoms with Crippen molar-refractivity contribution in [3.05, 3.63) is 0 Å². The van der Waals surface area contributed by atoms with Crippen LogP contribution in [0.1, 0.15) is 19.8 Å². The number of nitrogens with zero attached hydrogens (tertiary/aromatic N) is 1. The third-order valence-electron chi connectivity index (χ3n) is 1.51. The zero-order valence-electron chi connectivity index (χ0n) is 10.1. The summed E-state index contributed by atoms with van der Waals surface area (Å²) in [7, 11) is 5.54. The molecule has 0 spiro atoms. The summed E-state index contributed by atoms with van der Waals surface area (Å²) in [6, 6.07) is 0. The van der Waals surface area contributed by atoms with Gasteiger partial charge in [0.05, 0.1) is 21.1 Å². The average Bonchev–Trinajstić information content (AvgIpc) is 1.99. The second kappa shape index (κ2) is 7.35. The Kier molecular flexibility index (Phi) is 8.02. The topological polar surface area (TPSA) is 60.4 Å². The van der Waals surface area contributed by atoms with Crippen LogP contribution in [0.2, 0.25) is 0 Å². The number of rotatable bonds is 5. The molecule has 0 saturated carbocycles. The Morgan fingerprint density at radius 3 is 1.94 bits per heavy atom. The first-order valence-corrected chi connectivity index (χ1v) is 4.80. The van der Waals surface area contributed by atoms with Gasteiger partial charge in [-0.05, 0) is 0 Å². The number of halogens is 1. The number of esters is 2. The monoisotopic (exact) mass is 251 g/mol. The fourth-order valence-corrected chi connectivity index (χ4v) is 0.981. The number of ether oxygens (including phenoxy) is 1. The van der Waals surface area contributed by atoms with Crippen molar-refractivity contribution in [1.82, 2.24) is 0 Å². The number of hydrogen-bond donors (Lipinski definition) is 0. The summed E-state index contributed by atoms with van der Waals surface area (Å²) < 4.78 is 4.83. The molecule has 0 N–H and O–H groups in total. The fraction of sp³-hybridized carbons (Fsp3) is 0.700. The molecule has 94 valence electrons. The van der Waals surface area contributed by atoms with Crippen molar-refractivity contribution in [2.75, 3.05) is 27.7 Å². The van der Waals surface area contributed by atoms with E-state index in [1.54, 1.807) is 6.92 Å². The summed E-state index contributed by atoms with van der Waals surface area (Å²) in [5.41, 5.74) is 0. The van der Waals surface area contributed by atoms with Gasteiger partial charge in [-0.3, -0.25) is 14.4 Å². The molecule has 0 rings (SSSR count). The molecule has 0 aliphatic heterocycles. The van der Waals surface area contributed by atoms with Gasteiger partial charge < -0.3 is 21.6 Å². The summed E-state index contributed by atoms with van der Waals surface area (Å²) in [5.74, 6) is -1.59. The molecule has 0 aromatic rings. The Hall–Kier alpha value is -0.940. The Bertz CT molecular complexity index is 270. The molecule has 0 fully saturated rings. The van der Waals surface area contributed by atoms with Crippen LogP contribution in [-0.2, 0) is 19.1 Å². The maximum atomic E-state index is 11.3. The molecule has 0 radical (unpaired) electrons. The first kappa shape index (κ1) is 17.5. The molecule has 0 aromatic heterocycles. The average molecular weight is 252 g/mol. The van der Waals surface area contributed by atoms with Crippen molar-refractivity contribution >= 4 is 17.7 Å². The van der Waals surface area contributed by atoms with Crippen LogP contribution in [0.15, 0.2) is 0 Å². The number of hydrogen-bond acceptors (Lipinski definition) is 4. The smallest absolute Gasteiger partial charge is 0.321 e. The van der Waals surface area contributed by atoms with Crippen molar-refractivity contribution in [2.45, 2.75) is 19.8 Å². The first-order valence-electron chi connectivity index (χ1n) is 4.80. The predicted octanol–water partition coefficient (Wildman–Crippen LogP) is -2.86. The minimum absolute atomic E-state index is 0. The Labute approximate surface area is 102 Å². The molecule has 0 heterocycles. The molecular weight excluding hydrogens is 234 g/mol. The summed E-state index contributed by atoms with van der Waals surface area (Å²) in [6.45, 7) is 1.83. The van der Waals surface area contributed by atoms with Gasteiger partial charge in [-0.1, -0.05) is 6.92 Å². The van der Waals surface area contributed by atoms with Gasteiger partial charge in [0.15, 0.2) is 5.78 Å². The number of quaternary nitrogens is 1. The molecule has 5 nitrogen and oxygen atoms in total. The van der Waals surface area contributed by atoms with Gasteiger partial charge in [0.1, 0.15) is 13.0 Å². The zero-order valence-corrected chi connectivity index (χ0v) is 10.8. The highest BCUT2D eigenvalue weighted by molar-refractivity contribution is 5.99. The van der Waals surface area contributed by atoms with Gasteiger partial charge in [-0.15, -0.1) is 0 Å². The summed E-state index contributed by atoms with van der Waals surface area (Å²) >= 11 is 0. The fourth-order valence-electron chi connectivity index (χ4n) is 0.981. The molecule has 0 bridgehead atoms. The highest BCUT2D eigenvalue weighted by atomic mass is 35.5. The lowest BCUT2D eigenvalue weighted by atomic mass is 10.2. The third kappa shape index (κ3) is 9.61. The molecule has 0 aliphatic rings. The van der Waals surface area contributed by atoms with E-state index >= 15 is 0 Å². The van der Waals surface area contributed by atoms with E-state index in [9.17, 15) is 14.4 Å². The normalized spacial score (nSPS) is 10.2. The number of ketones is 1. The van der Waals surface area contributed by atoms with Gasteiger partial charge in [0.25, 0.3) is 0 Å². The van der Waals surface area contributed by atoms with Gasteiger partial charge in [0.2, 0.25) is 0 Å². The van der Waals surface area contributed by atoms with Crippen LogP contribution in [0.25, 0.3) is 0 Å². The highest BCUT2D eigenvalue weighted by Crippen LogP contribution is 1.97. The van der Waals surface area contributed by atoms with Crippen LogP contribution in [0.3, 0.4) is 0 Å². The minimum atomic E-state index is -0.764. The Morgan fingerprint density at radius 2 is 1.56 bits per heavy atom. The lowest BCUT2D eigenvalue weighted by Gasteiger charge is -2.22. The van der Waals surface area contributed by atoms with E-state index in [0.29, 0.717) is 4.48 Å². The molecule has 0 aliphatic carbocycles. The molecule has 6 heteroatoms. The number of Topliss-reactive ketones (excluding diaryl/α,β-unsaturated/α-hetero) is 1. The van der Waals surface area contributed by atoms with Crippen molar-refractivity contribution in [3.8, 4) is 0 Å². The molecule has 0 saturated heterocycles. The predicted molar refractivity (Wildman–Crippen MR) is 53.9 cm³/mol. The van der Waals surface area contributed by atoms with Crippen LogP contribution in [0.4, 0.5) is 0 Å². The lowest BCUT2D eigenvalue weighted by Crippen LogP contribution is -3.00. The molecular formula is C10H18ClNO4. The summed E-state index contributed by atoms with van der Waals surface area (Å²) in [4.78, 5) is 33.1. The van der Waals surface area contributed by atoms with E-state index < -0.39 is 11.9 Å². The van der Waals surface area contributed by atoms with E-state index in [1.807, 2.05) is 21.1 Å². The Balaban J connectivity index is 0.